The molecular formula is C15H10ClNO3. The van der Waals surface area contributed by atoms with E-state index in [9.17, 15) is 10.1 Å². The number of fused-ring (bicyclic) bond motifs is 1. The van der Waals surface area contributed by atoms with Crippen LogP contribution in [0.4, 0.5) is 0 Å². The lowest BCUT2D eigenvalue weighted by Crippen LogP contribution is -2.19. The summed E-state index contributed by atoms with van der Waals surface area (Å²) in [7, 11) is 0. The third-order valence-corrected chi connectivity index (χ3v) is 3.34. The maximum absolute atomic E-state index is 11.2. The van der Waals surface area contributed by atoms with Crippen LogP contribution >= 0.6 is 11.6 Å². The fourth-order valence-corrected chi connectivity index (χ4v) is 2.33. The molecule has 1 unspecified atom stereocenters. The minimum atomic E-state index is -0.725. The summed E-state index contributed by atoms with van der Waals surface area (Å²) in [5.74, 6) is 0.553. The Labute approximate surface area is 120 Å². The van der Waals surface area contributed by atoms with Gasteiger partial charge in [0.15, 0.2) is 0 Å². The van der Waals surface area contributed by atoms with Gasteiger partial charge in [-0.3, -0.25) is 10.1 Å². The molecule has 0 amide bonds. The second kappa shape index (κ2) is 4.98. The molecule has 0 N–H and O–H groups in total. The highest BCUT2D eigenvalue weighted by Gasteiger charge is 2.32. The Morgan fingerprint density at radius 1 is 1.15 bits per heavy atom. The summed E-state index contributed by atoms with van der Waals surface area (Å²) in [5, 5.41) is 11.8. The first-order valence-electron chi connectivity index (χ1n) is 6.02. The van der Waals surface area contributed by atoms with E-state index in [1.807, 2.05) is 18.2 Å². The monoisotopic (exact) mass is 287 g/mol. The van der Waals surface area contributed by atoms with E-state index in [2.05, 4.69) is 0 Å². The summed E-state index contributed by atoms with van der Waals surface area (Å²) in [5.41, 5.74) is 1.42. The number of rotatable bonds is 2. The fourth-order valence-electron chi connectivity index (χ4n) is 2.17. The molecule has 0 bridgehead atoms. The van der Waals surface area contributed by atoms with Gasteiger partial charge in [0.25, 0.3) is 5.70 Å². The maximum Gasteiger partial charge on any atom is 0.291 e. The number of nitro groups is 1. The van der Waals surface area contributed by atoms with Crippen LogP contribution in [0, 0.1) is 10.1 Å². The van der Waals surface area contributed by atoms with Crippen LogP contribution in [-0.4, -0.2) is 4.92 Å². The second-order valence-electron chi connectivity index (χ2n) is 4.42. The van der Waals surface area contributed by atoms with Crippen LogP contribution in [0.5, 0.6) is 5.75 Å². The molecule has 0 aliphatic carbocycles. The zero-order valence-corrected chi connectivity index (χ0v) is 11.1. The van der Waals surface area contributed by atoms with Gasteiger partial charge in [-0.05, 0) is 18.2 Å². The zero-order chi connectivity index (χ0) is 14.1. The fraction of sp³-hybridized carbons (Fsp3) is 0.0667. The average molecular weight is 288 g/mol. The number of ether oxygens (including phenoxy) is 1. The first-order chi connectivity index (χ1) is 9.65. The highest BCUT2D eigenvalue weighted by molar-refractivity contribution is 6.30. The maximum atomic E-state index is 11.2. The number of hydrogen-bond acceptors (Lipinski definition) is 3. The largest absolute Gasteiger partial charge is 0.474 e. The van der Waals surface area contributed by atoms with Crippen LogP contribution in [0.1, 0.15) is 17.2 Å². The summed E-state index contributed by atoms with van der Waals surface area (Å²) in [6.45, 7) is 0. The van der Waals surface area contributed by atoms with Crippen molar-refractivity contribution in [3.63, 3.8) is 0 Å². The van der Waals surface area contributed by atoms with Gasteiger partial charge in [-0.1, -0.05) is 41.9 Å². The van der Waals surface area contributed by atoms with Crippen LogP contribution in [0.15, 0.2) is 54.2 Å². The summed E-state index contributed by atoms with van der Waals surface area (Å²) < 4.78 is 5.78. The van der Waals surface area contributed by atoms with E-state index in [-0.39, 0.29) is 5.70 Å². The van der Waals surface area contributed by atoms with Gasteiger partial charge in [-0.25, -0.2) is 0 Å². The molecule has 100 valence electrons. The van der Waals surface area contributed by atoms with E-state index in [0.29, 0.717) is 16.3 Å². The zero-order valence-electron chi connectivity index (χ0n) is 10.3. The highest BCUT2D eigenvalue weighted by atomic mass is 35.5. The molecule has 5 heteroatoms. The number of benzene rings is 2. The molecule has 1 heterocycles. The topological polar surface area (TPSA) is 52.4 Å². The van der Waals surface area contributed by atoms with E-state index < -0.39 is 11.0 Å². The van der Waals surface area contributed by atoms with Crippen molar-refractivity contribution in [1.29, 1.82) is 0 Å². The van der Waals surface area contributed by atoms with E-state index >= 15 is 0 Å². The molecule has 2 aromatic carbocycles. The van der Waals surface area contributed by atoms with E-state index in [0.717, 1.165) is 5.56 Å². The van der Waals surface area contributed by atoms with Crippen molar-refractivity contribution in [2.45, 2.75) is 6.10 Å². The van der Waals surface area contributed by atoms with E-state index in [1.165, 1.54) is 6.08 Å². The van der Waals surface area contributed by atoms with Gasteiger partial charge in [-0.15, -0.1) is 0 Å². The molecule has 1 aliphatic heterocycles. The van der Waals surface area contributed by atoms with Gasteiger partial charge in [0.05, 0.1) is 4.92 Å². The van der Waals surface area contributed by atoms with Crippen LogP contribution in [0.3, 0.4) is 0 Å². The molecule has 0 radical (unpaired) electrons. The van der Waals surface area contributed by atoms with Gasteiger partial charge in [0, 0.05) is 22.2 Å². The number of nitrogens with zero attached hydrogens (tertiary/aromatic N) is 1. The molecule has 20 heavy (non-hydrogen) atoms. The van der Waals surface area contributed by atoms with Gasteiger partial charge in [0.2, 0.25) is 6.10 Å². The molecular weight excluding hydrogens is 278 g/mol. The van der Waals surface area contributed by atoms with Crippen molar-refractivity contribution in [2.75, 3.05) is 0 Å². The lowest BCUT2D eigenvalue weighted by atomic mass is 10.0. The molecule has 0 spiro atoms. The van der Waals surface area contributed by atoms with Gasteiger partial charge >= 0.3 is 0 Å². The molecule has 0 saturated carbocycles. The van der Waals surface area contributed by atoms with Crippen molar-refractivity contribution < 1.29 is 9.66 Å². The van der Waals surface area contributed by atoms with Crippen LogP contribution < -0.4 is 4.74 Å². The van der Waals surface area contributed by atoms with Gasteiger partial charge in [-0.2, -0.15) is 0 Å². The first-order valence-corrected chi connectivity index (χ1v) is 6.40. The van der Waals surface area contributed by atoms with Crippen LogP contribution in [0.2, 0.25) is 5.02 Å². The minimum absolute atomic E-state index is 0.0195. The molecule has 0 saturated heterocycles. The van der Waals surface area contributed by atoms with Crippen LogP contribution in [-0.2, 0) is 0 Å². The molecule has 0 fully saturated rings. The Bertz CT molecular complexity index is 698. The highest BCUT2D eigenvalue weighted by Crippen LogP contribution is 2.38. The summed E-state index contributed by atoms with van der Waals surface area (Å²) in [4.78, 5) is 10.8. The minimum Gasteiger partial charge on any atom is -0.474 e. The Hall–Kier alpha value is -2.33. The predicted molar refractivity (Wildman–Crippen MR) is 76.2 cm³/mol. The third-order valence-electron chi connectivity index (χ3n) is 3.11. The Morgan fingerprint density at radius 3 is 2.60 bits per heavy atom. The smallest absolute Gasteiger partial charge is 0.291 e. The van der Waals surface area contributed by atoms with Gasteiger partial charge in [0.1, 0.15) is 5.75 Å². The summed E-state index contributed by atoms with van der Waals surface area (Å²) >= 11 is 5.93. The van der Waals surface area contributed by atoms with E-state index in [4.69, 9.17) is 16.3 Å². The lowest BCUT2D eigenvalue weighted by Gasteiger charge is -2.22. The second-order valence-corrected chi connectivity index (χ2v) is 4.85. The van der Waals surface area contributed by atoms with Crippen molar-refractivity contribution in [2.24, 2.45) is 0 Å². The van der Waals surface area contributed by atoms with Crippen molar-refractivity contribution >= 4 is 17.7 Å². The number of hydrogen-bond donors (Lipinski definition) is 0. The average Bonchev–Trinajstić information content (AvgIpc) is 2.46. The van der Waals surface area contributed by atoms with Crippen molar-refractivity contribution in [1.82, 2.24) is 0 Å². The normalized spacial score (nSPS) is 16.9. The van der Waals surface area contributed by atoms with E-state index in [1.54, 1.807) is 30.3 Å². The van der Waals surface area contributed by atoms with Crippen molar-refractivity contribution in [3.8, 4) is 5.75 Å². The molecule has 1 aliphatic rings. The Balaban J connectivity index is 2.11. The molecule has 4 nitrogen and oxygen atoms in total. The first kappa shape index (κ1) is 12.7. The van der Waals surface area contributed by atoms with Gasteiger partial charge < -0.3 is 4.74 Å². The lowest BCUT2D eigenvalue weighted by molar-refractivity contribution is -0.434. The molecule has 3 rings (SSSR count). The standard InChI is InChI=1S/C15H10ClNO3/c16-12-7-6-11-8-13(17(18)19)15(20-14(11)9-12)10-4-2-1-3-5-10/h1-9,15H. The Morgan fingerprint density at radius 2 is 1.90 bits per heavy atom. The summed E-state index contributed by atoms with van der Waals surface area (Å²) in [6.07, 6.45) is 0.810. The molecule has 1 atom stereocenters. The SMILES string of the molecule is O=[N+]([O-])C1=Cc2ccc(Cl)cc2OC1c1ccccc1. The van der Waals surface area contributed by atoms with Crippen LogP contribution in [0.25, 0.3) is 6.08 Å². The molecule has 2 aromatic rings. The Kier molecular flexibility index (Phi) is 3.16. The predicted octanol–water partition coefficient (Wildman–Crippen LogP) is 4.09. The summed E-state index contributed by atoms with van der Waals surface area (Å²) in [6, 6.07) is 14.2. The third kappa shape index (κ3) is 2.26. The number of halogens is 1. The quantitative estimate of drug-likeness (QED) is 0.617. The molecule has 0 aromatic heterocycles. The van der Waals surface area contributed by atoms with Crippen molar-refractivity contribution in [3.05, 3.63) is 80.5 Å².